The van der Waals surface area contributed by atoms with Crippen molar-refractivity contribution in [1.29, 1.82) is 0 Å². The SMILES string of the molecule is Cc1cc(NCCCCCC(=O)O)ccc1C(N)=O. The summed E-state index contributed by atoms with van der Waals surface area (Å²) in [5.74, 6) is -1.16. The minimum Gasteiger partial charge on any atom is -0.481 e. The van der Waals surface area contributed by atoms with E-state index in [1.54, 1.807) is 6.07 Å². The van der Waals surface area contributed by atoms with Crippen LogP contribution in [-0.4, -0.2) is 23.5 Å². The zero-order valence-corrected chi connectivity index (χ0v) is 11.1. The summed E-state index contributed by atoms with van der Waals surface area (Å²) in [5.41, 5.74) is 7.57. The van der Waals surface area contributed by atoms with Crippen LogP contribution < -0.4 is 11.1 Å². The maximum absolute atomic E-state index is 11.1. The number of carbonyl (C=O) groups excluding carboxylic acids is 1. The Kier molecular flexibility index (Phi) is 5.85. The molecule has 0 aromatic heterocycles. The van der Waals surface area contributed by atoms with E-state index >= 15 is 0 Å². The first kappa shape index (κ1) is 15.0. The molecule has 0 unspecified atom stereocenters. The molecule has 1 rings (SSSR count). The Hall–Kier alpha value is -2.04. The van der Waals surface area contributed by atoms with E-state index in [2.05, 4.69) is 5.32 Å². The summed E-state index contributed by atoms with van der Waals surface area (Å²) >= 11 is 0. The molecule has 0 heterocycles. The summed E-state index contributed by atoms with van der Waals surface area (Å²) in [6.45, 7) is 2.63. The molecule has 0 aliphatic heterocycles. The van der Waals surface area contributed by atoms with Crippen LogP contribution in [0.15, 0.2) is 18.2 Å². The number of anilines is 1. The number of primary amides is 1. The first-order chi connectivity index (χ1) is 9.00. The fourth-order valence-electron chi connectivity index (χ4n) is 1.86. The Morgan fingerprint density at radius 3 is 2.58 bits per heavy atom. The van der Waals surface area contributed by atoms with Crippen molar-refractivity contribution in [2.75, 3.05) is 11.9 Å². The van der Waals surface area contributed by atoms with Gasteiger partial charge < -0.3 is 16.2 Å². The molecule has 0 atom stereocenters. The van der Waals surface area contributed by atoms with Gasteiger partial charge in [0.05, 0.1) is 0 Å². The molecule has 5 heteroatoms. The second-order valence-electron chi connectivity index (χ2n) is 4.53. The fraction of sp³-hybridized carbons (Fsp3) is 0.429. The van der Waals surface area contributed by atoms with Crippen LogP contribution in [0.2, 0.25) is 0 Å². The molecule has 0 fully saturated rings. The second-order valence-corrected chi connectivity index (χ2v) is 4.53. The molecule has 0 bridgehead atoms. The van der Waals surface area contributed by atoms with E-state index in [-0.39, 0.29) is 6.42 Å². The minimum atomic E-state index is -0.745. The number of nitrogens with two attached hydrogens (primary N) is 1. The Morgan fingerprint density at radius 2 is 2.00 bits per heavy atom. The van der Waals surface area contributed by atoms with E-state index in [4.69, 9.17) is 10.8 Å². The molecule has 0 spiro atoms. The van der Waals surface area contributed by atoms with Crippen molar-refractivity contribution in [3.05, 3.63) is 29.3 Å². The van der Waals surface area contributed by atoms with Gasteiger partial charge in [-0.3, -0.25) is 9.59 Å². The Balaban J connectivity index is 2.32. The molecule has 1 aromatic carbocycles. The average Bonchev–Trinajstić information content (AvgIpc) is 2.32. The summed E-state index contributed by atoms with van der Waals surface area (Å²) < 4.78 is 0. The van der Waals surface area contributed by atoms with Crippen molar-refractivity contribution in [3.63, 3.8) is 0 Å². The maximum atomic E-state index is 11.1. The normalized spacial score (nSPS) is 10.2. The summed E-state index contributed by atoms with van der Waals surface area (Å²) in [6.07, 6.45) is 2.74. The van der Waals surface area contributed by atoms with Crippen LogP contribution in [0, 0.1) is 6.92 Å². The van der Waals surface area contributed by atoms with E-state index in [1.165, 1.54) is 0 Å². The van der Waals surface area contributed by atoms with Crippen LogP contribution >= 0.6 is 0 Å². The Bertz CT molecular complexity index is 458. The molecular weight excluding hydrogens is 244 g/mol. The second kappa shape index (κ2) is 7.41. The van der Waals surface area contributed by atoms with E-state index in [0.717, 1.165) is 30.6 Å². The van der Waals surface area contributed by atoms with Crippen LogP contribution in [0.25, 0.3) is 0 Å². The van der Waals surface area contributed by atoms with Crippen molar-refractivity contribution in [3.8, 4) is 0 Å². The molecule has 0 aliphatic rings. The Labute approximate surface area is 112 Å². The number of carboxylic acids is 1. The van der Waals surface area contributed by atoms with Gasteiger partial charge in [0.25, 0.3) is 0 Å². The molecule has 1 aromatic rings. The number of carboxylic acid groups (broad SMARTS) is 1. The third-order valence-corrected chi connectivity index (χ3v) is 2.89. The number of unbranched alkanes of at least 4 members (excludes halogenated alkanes) is 2. The van der Waals surface area contributed by atoms with Gasteiger partial charge in [-0.15, -0.1) is 0 Å². The number of hydrogen-bond donors (Lipinski definition) is 3. The number of carbonyl (C=O) groups is 2. The summed E-state index contributed by atoms with van der Waals surface area (Å²) in [7, 11) is 0. The molecule has 0 saturated carbocycles. The van der Waals surface area contributed by atoms with Crippen LogP contribution in [-0.2, 0) is 4.79 Å². The highest BCUT2D eigenvalue weighted by atomic mass is 16.4. The number of hydrogen-bond acceptors (Lipinski definition) is 3. The van der Waals surface area contributed by atoms with E-state index in [1.807, 2.05) is 19.1 Å². The third-order valence-electron chi connectivity index (χ3n) is 2.89. The standard InChI is InChI=1S/C14H20N2O3/c1-10-9-11(6-7-12(10)14(15)19)16-8-4-2-3-5-13(17)18/h6-7,9,16H,2-5,8H2,1H3,(H2,15,19)(H,17,18). The zero-order valence-electron chi connectivity index (χ0n) is 11.1. The van der Waals surface area contributed by atoms with Crippen molar-refractivity contribution in [1.82, 2.24) is 0 Å². The molecule has 0 saturated heterocycles. The molecule has 19 heavy (non-hydrogen) atoms. The summed E-state index contributed by atoms with van der Waals surface area (Å²) in [6, 6.07) is 5.42. The van der Waals surface area contributed by atoms with Crippen molar-refractivity contribution >= 4 is 17.6 Å². The highest BCUT2D eigenvalue weighted by molar-refractivity contribution is 5.94. The van der Waals surface area contributed by atoms with E-state index in [0.29, 0.717) is 12.0 Å². The number of aliphatic carboxylic acids is 1. The first-order valence-corrected chi connectivity index (χ1v) is 6.37. The molecule has 5 nitrogen and oxygen atoms in total. The van der Waals surface area contributed by atoms with Gasteiger partial charge >= 0.3 is 5.97 Å². The predicted molar refractivity (Wildman–Crippen MR) is 74.3 cm³/mol. The number of rotatable bonds is 8. The first-order valence-electron chi connectivity index (χ1n) is 6.37. The summed E-state index contributed by atoms with van der Waals surface area (Å²) in [5, 5.41) is 11.7. The highest BCUT2D eigenvalue weighted by Crippen LogP contribution is 2.15. The van der Waals surface area contributed by atoms with Gasteiger partial charge in [-0.25, -0.2) is 0 Å². The average molecular weight is 264 g/mol. The lowest BCUT2D eigenvalue weighted by atomic mass is 10.1. The van der Waals surface area contributed by atoms with Gasteiger partial charge in [0, 0.05) is 24.2 Å². The third kappa shape index (κ3) is 5.42. The van der Waals surface area contributed by atoms with Crippen LogP contribution in [0.3, 0.4) is 0 Å². The topological polar surface area (TPSA) is 92.4 Å². The van der Waals surface area contributed by atoms with Crippen molar-refractivity contribution < 1.29 is 14.7 Å². The van der Waals surface area contributed by atoms with Crippen LogP contribution in [0.1, 0.15) is 41.6 Å². The minimum absolute atomic E-state index is 0.229. The van der Waals surface area contributed by atoms with Gasteiger partial charge in [-0.1, -0.05) is 6.42 Å². The van der Waals surface area contributed by atoms with Gasteiger partial charge in [-0.05, 0) is 43.5 Å². The molecule has 104 valence electrons. The summed E-state index contributed by atoms with van der Waals surface area (Å²) in [4.78, 5) is 21.4. The zero-order chi connectivity index (χ0) is 14.3. The van der Waals surface area contributed by atoms with Gasteiger partial charge in [-0.2, -0.15) is 0 Å². The van der Waals surface area contributed by atoms with Gasteiger partial charge in [0.15, 0.2) is 0 Å². The predicted octanol–water partition coefficient (Wildman–Crippen LogP) is 2.15. The van der Waals surface area contributed by atoms with Gasteiger partial charge in [0.1, 0.15) is 0 Å². The Morgan fingerprint density at radius 1 is 1.26 bits per heavy atom. The molecule has 0 radical (unpaired) electrons. The molecule has 4 N–H and O–H groups in total. The van der Waals surface area contributed by atoms with Crippen molar-refractivity contribution in [2.24, 2.45) is 5.73 Å². The quantitative estimate of drug-likeness (QED) is 0.627. The maximum Gasteiger partial charge on any atom is 0.303 e. The lowest BCUT2D eigenvalue weighted by molar-refractivity contribution is -0.137. The van der Waals surface area contributed by atoms with Gasteiger partial charge in [0.2, 0.25) is 5.91 Å². The van der Waals surface area contributed by atoms with Crippen molar-refractivity contribution in [2.45, 2.75) is 32.6 Å². The fourth-order valence-corrected chi connectivity index (χ4v) is 1.86. The lowest BCUT2D eigenvalue weighted by Gasteiger charge is -2.08. The highest BCUT2D eigenvalue weighted by Gasteiger charge is 2.04. The molecule has 1 amide bonds. The molecular formula is C14H20N2O3. The van der Waals surface area contributed by atoms with E-state index in [9.17, 15) is 9.59 Å². The van der Waals surface area contributed by atoms with Crippen LogP contribution in [0.5, 0.6) is 0 Å². The largest absolute Gasteiger partial charge is 0.481 e. The number of amides is 1. The smallest absolute Gasteiger partial charge is 0.303 e. The lowest BCUT2D eigenvalue weighted by Crippen LogP contribution is -2.13. The molecule has 0 aliphatic carbocycles. The number of nitrogens with one attached hydrogen (secondary N) is 1. The number of aryl methyl sites for hydroxylation is 1. The van der Waals surface area contributed by atoms with E-state index < -0.39 is 11.9 Å². The number of benzene rings is 1. The monoisotopic (exact) mass is 264 g/mol. The van der Waals surface area contributed by atoms with Crippen LogP contribution in [0.4, 0.5) is 5.69 Å².